The molecule has 2 aromatic rings. The summed E-state index contributed by atoms with van der Waals surface area (Å²) in [6, 6.07) is 7.38. The molecule has 23 heavy (non-hydrogen) atoms. The number of anilines is 2. The van der Waals surface area contributed by atoms with E-state index in [2.05, 4.69) is 15.0 Å². The van der Waals surface area contributed by atoms with Crippen molar-refractivity contribution in [2.24, 2.45) is 10.7 Å². The van der Waals surface area contributed by atoms with Crippen molar-refractivity contribution in [3.8, 4) is 11.8 Å². The zero-order valence-corrected chi connectivity index (χ0v) is 13.7. The molecule has 1 unspecified atom stereocenters. The molecule has 1 atom stereocenters. The van der Waals surface area contributed by atoms with Crippen LogP contribution in [0, 0.1) is 0 Å². The Morgan fingerprint density at radius 2 is 1.70 bits per heavy atom. The van der Waals surface area contributed by atoms with Gasteiger partial charge < -0.3 is 20.1 Å². The fourth-order valence-corrected chi connectivity index (χ4v) is 2.56. The van der Waals surface area contributed by atoms with Gasteiger partial charge in [-0.15, -0.1) is 0 Å². The number of aromatic nitrogens is 2. The predicted molar refractivity (Wildman–Crippen MR) is 88.9 cm³/mol. The summed E-state index contributed by atoms with van der Waals surface area (Å²) >= 11 is 5.97. The number of nitrogens with two attached hydrogens (primary N) is 1. The Hall–Kier alpha value is -2.54. The smallest absolute Gasteiger partial charge is 0.279 e. The van der Waals surface area contributed by atoms with Crippen LogP contribution in [0.2, 0.25) is 5.02 Å². The number of aliphatic imine (C=N–C) groups is 1. The molecular formula is C15H16ClN5O2. The van der Waals surface area contributed by atoms with Gasteiger partial charge in [0.15, 0.2) is 17.3 Å². The molecule has 0 fully saturated rings. The van der Waals surface area contributed by atoms with Crippen LogP contribution in [-0.2, 0) is 0 Å². The maximum Gasteiger partial charge on any atom is 0.279 e. The van der Waals surface area contributed by atoms with E-state index < -0.39 is 0 Å². The molecule has 3 rings (SSSR count). The summed E-state index contributed by atoms with van der Waals surface area (Å²) in [5, 5.41) is 0.653. The van der Waals surface area contributed by atoms with E-state index in [9.17, 15) is 0 Å². The number of halogens is 1. The van der Waals surface area contributed by atoms with Crippen LogP contribution in [0.15, 0.2) is 29.3 Å². The maximum absolute atomic E-state index is 6.02. The minimum Gasteiger partial charge on any atom is -0.477 e. The summed E-state index contributed by atoms with van der Waals surface area (Å²) in [5.41, 5.74) is 7.35. The Balaban J connectivity index is 2.19. The van der Waals surface area contributed by atoms with Gasteiger partial charge >= 0.3 is 0 Å². The maximum atomic E-state index is 6.02. The molecule has 0 aliphatic carbocycles. The number of fused-ring (bicyclic) bond motifs is 1. The van der Waals surface area contributed by atoms with Crippen LogP contribution in [0.3, 0.4) is 0 Å². The molecule has 0 bridgehead atoms. The Morgan fingerprint density at radius 1 is 1.09 bits per heavy atom. The first kappa shape index (κ1) is 15.4. The minimum atomic E-state index is -0.240. The second kappa shape index (κ2) is 5.92. The Morgan fingerprint density at radius 3 is 2.30 bits per heavy atom. The monoisotopic (exact) mass is 333 g/mol. The zero-order valence-electron chi connectivity index (χ0n) is 12.9. The molecule has 1 aliphatic heterocycles. The van der Waals surface area contributed by atoms with Gasteiger partial charge in [0.1, 0.15) is 6.17 Å². The largest absolute Gasteiger partial charge is 0.477 e. The second-order valence-corrected chi connectivity index (χ2v) is 5.34. The van der Waals surface area contributed by atoms with Crippen LogP contribution in [-0.4, -0.2) is 36.2 Å². The van der Waals surface area contributed by atoms with Gasteiger partial charge in [-0.3, -0.25) is 0 Å². The van der Waals surface area contributed by atoms with Gasteiger partial charge in [-0.2, -0.15) is 4.98 Å². The fraction of sp³-hybridized carbons (Fsp3) is 0.267. The number of nitrogens with zero attached hydrogens (tertiary/aromatic N) is 4. The molecule has 7 nitrogen and oxygen atoms in total. The van der Waals surface area contributed by atoms with Gasteiger partial charge in [0.2, 0.25) is 0 Å². The van der Waals surface area contributed by atoms with Crippen molar-refractivity contribution in [2.45, 2.75) is 13.1 Å². The van der Waals surface area contributed by atoms with E-state index in [1.165, 1.54) is 14.2 Å². The summed E-state index contributed by atoms with van der Waals surface area (Å²) in [5.74, 6) is 1.42. The van der Waals surface area contributed by atoms with Crippen LogP contribution in [0.25, 0.3) is 0 Å². The number of ether oxygens (including phenoxy) is 2. The van der Waals surface area contributed by atoms with Gasteiger partial charge in [-0.05, 0) is 31.2 Å². The SMILES string of the molecule is COc1nc2c(nc1OC)N(c1ccc(Cl)cc1)C(C)N=C2N. The first-order valence-electron chi connectivity index (χ1n) is 6.93. The third-order valence-corrected chi connectivity index (χ3v) is 3.73. The lowest BCUT2D eigenvalue weighted by molar-refractivity contribution is 0.331. The van der Waals surface area contributed by atoms with Crippen molar-refractivity contribution in [1.82, 2.24) is 9.97 Å². The first-order valence-corrected chi connectivity index (χ1v) is 7.31. The highest BCUT2D eigenvalue weighted by Gasteiger charge is 2.30. The summed E-state index contributed by atoms with van der Waals surface area (Å²) in [6.07, 6.45) is -0.240. The molecule has 0 saturated carbocycles. The van der Waals surface area contributed by atoms with Gasteiger partial charge in [-0.25, -0.2) is 9.98 Å². The van der Waals surface area contributed by atoms with Crippen LogP contribution in [0.4, 0.5) is 11.5 Å². The quantitative estimate of drug-likeness (QED) is 0.928. The standard InChI is InChI=1S/C15H16ClN5O2/c1-8-18-12(17)11-13(20-15(23-3)14(19-11)22-2)21(8)10-6-4-9(16)5-7-10/h4-8H,1-3H3,(H2,17,18). The van der Waals surface area contributed by atoms with E-state index in [0.29, 0.717) is 22.4 Å². The minimum absolute atomic E-state index is 0.240. The third-order valence-electron chi connectivity index (χ3n) is 3.48. The average Bonchev–Trinajstić information content (AvgIpc) is 2.55. The molecule has 8 heteroatoms. The summed E-state index contributed by atoms with van der Waals surface area (Å²) in [6.45, 7) is 1.92. The van der Waals surface area contributed by atoms with E-state index >= 15 is 0 Å². The summed E-state index contributed by atoms with van der Waals surface area (Å²) < 4.78 is 10.4. The van der Waals surface area contributed by atoms with Gasteiger partial charge in [0.05, 0.1) is 14.2 Å². The molecule has 0 saturated heterocycles. The molecule has 1 aromatic carbocycles. The highest BCUT2D eigenvalue weighted by Crippen LogP contribution is 2.36. The van der Waals surface area contributed by atoms with Crippen molar-refractivity contribution in [3.63, 3.8) is 0 Å². The molecule has 1 aromatic heterocycles. The number of hydrogen-bond acceptors (Lipinski definition) is 7. The lowest BCUT2D eigenvalue weighted by atomic mass is 10.2. The molecule has 2 heterocycles. The Kier molecular flexibility index (Phi) is 3.96. The number of hydrogen-bond donors (Lipinski definition) is 1. The topological polar surface area (TPSA) is 85.9 Å². The summed E-state index contributed by atoms with van der Waals surface area (Å²) in [7, 11) is 3.00. The van der Waals surface area contributed by atoms with Crippen LogP contribution in [0.5, 0.6) is 11.8 Å². The van der Waals surface area contributed by atoms with Crippen molar-refractivity contribution in [1.29, 1.82) is 0 Å². The number of amidine groups is 1. The highest BCUT2D eigenvalue weighted by molar-refractivity contribution is 6.30. The van der Waals surface area contributed by atoms with E-state index in [1.807, 2.05) is 24.0 Å². The average molecular weight is 334 g/mol. The first-order chi connectivity index (χ1) is 11.0. The number of benzene rings is 1. The lowest BCUT2D eigenvalue weighted by Crippen LogP contribution is -2.37. The van der Waals surface area contributed by atoms with Crippen molar-refractivity contribution in [2.75, 3.05) is 19.1 Å². The van der Waals surface area contributed by atoms with Crippen LogP contribution in [0.1, 0.15) is 12.6 Å². The number of rotatable bonds is 3. The number of methoxy groups -OCH3 is 2. The predicted octanol–water partition coefficient (Wildman–Crippen LogP) is 2.35. The molecule has 0 radical (unpaired) electrons. The van der Waals surface area contributed by atoms with E-state index in [4.69, 9.17) is 26.8 Å². The summed E-state index contributed by atoms with van der Waals surface area (Å²) in [4.78, 5) is 15.2. The lowest BCUT2D eigenvalue weighted by Gasteiger charge is -2.32. The molecule has 120 valence electrons. The van der Waals surface area contributed by atoms with Gasteiger partial charge in [0, 0.05) is 10.7 Å². The van der Waals surface area contributed by atoms with Crippen LogP contribution >= 0.6 is 11.6 Å². The molecule has 0 amide bonds. The van der Waals surface area contributed by atoms with Crippen molar-refractivity contribution >= 4 is 28.9 Å². The van der Waals surface area contributed by atoms with Crippen molar-refractivity contribution in [3.05, 3.63) is 35.0 Å². The third kappa shape index (κ3) is 2.63. The second-order valence-electron chi connectivity index (χ2n) is 4.91. The zero-order chi connectivity index (χ0) is 16.6. The molecule has 1 aliphatic rings. The van der Waals surface area contributed by atoms with E-state index in [1.54, 1.807) is 12.1 Å². The fourth-order valence-electron chi connectivity index (χ4n) is 2.44. The highest BCUT2D eigenvalue weighted by atomic mass is 35.5. The van der Waals surface area contributed by atoms with E-state index in [0.717, 1.165) is 5.69 Å². The Labute approximate surface area is 138 Å². The molecule has 0 spiro atoms. The van der Waals surface area contributed by atoms with Gasteiger partial charge in [0.25, 0.3) is 11.8 Å². The van der Waals surface area contributed by atoms with E-state index in [-0.39, 0.29) is 17.9 Å². The Bertz CT molecular complexity index is 763. The van der Waals surface area contributed by atoms with Crippen LogP contribution < -0.4 is 20.1 Å². The molecule has 2 N–H and O–H groups in total. The molecular weight excluding hydrogens is 318 g/mol. The van der Waals surface area contributed by atoms with Gasteiger partial charge in [-0.1, -0.05) is 11.6 Å². The normalized spacial score (nSPS) is 16.6. The van der Waals surface area contributed by atoms with Crippen molar-refractivity contribution < 1.29 is 9.47 Å².